The molecule has 6 nitrogen and oxygen atoms in total. The van der Waals surface area contributed by atoms with Gasteiger partial charge in [-0.25, -0.2) is 4.39 Å². The predicted octanol–water partition coefficient (Wildman–Crippen LogP) is 3.41. The molecule has 3 rings (SSSR count). The van der Waals surface area contributed by atoms with Gasteiger partial charge in [0.15, 0.2) is 0 Å². The van der Waals surface area contributed by atoms with Crippen LogP contribution >= 0.6 is 0 Å². The van der Waals surface area contributed by atoms with Crippen LogP contribution < -0.4 is 4.74 Å². The van der Waals surface area contributed by atoms with Crippen LogP contribution in [0.2, 0.25) is 0 Å². The first-order valence-electron chi connectivity index (χ1n) is 7.56. The summed E-state index contributed by atoms with van der Waals surface area (Å²) in [6.45, 7) is 2.62. The van der Waals surface area contributed by atoms with Gasteiger partial charge in [0, 0.05) is 29.8 Å². The van der Waals surface area contributed by atoms with Crippen molar-refractivity contribution in [2.75, 3.05) is 14.2 Å². The highest BCUT2D eigenvalue weighted by Gasteiger charge is 2.19. The number of benzene rings is 1. The summed E-state index contributed by atoms with van der Waals surface area (Å²) in [6.07, 6.45) is 3.26. The second-order valence-corrected chi connectivity index (χ2v) is 5.63. The summed E-state index contributed by atoms with van der Waals surface area (Å²) in [7, 11) is 3.48. The Labute approximate surface area is 139 Å². The summed E-state index contributed by atoms with van der Waals surface area (Å²) in [4.78, 5) is 2.09. The predicted molar refractivity (Wildman–Crippen MR) is 86.9 cm³/mol. The number of nitrogens with zero attached hydrogens (tertiary/aromatic N) is 3. The summed E-state index contributed by atoms with van der Waals surface area (Å²) in [5.41, 5.74) is 2.87. The molecule has 0 radical (unpaired) electrons. The lowest BCUT2D eigenvalue weighted by Crippen LogP contribution is -2.22. The minimum absolute atomic E-state index is 0.0622. The molecule has 0 saturated carbocycles. The molecule has 0 unspecified atom stereocenters. The van der Waals surface area contributed by atoms with Gasteiger partial charge in [0.25, 0.3) is 0 Å². The van der Waals surface area contributed by atoms with Gasteiger partial charge < -0.3 is 9.26 Å². The summed E-state index contributed by atoms with van der Waals surface area (Å²) in [6, 6.07) is 6.67. The smallest absolute Gasteiger partial charge is 0.136 e. The van der Waals surface area contributed by atoms with Gasteiger partial charge in [0.1, 0.15) is 23.5 Å². The molecule has 0 aliphatic carbocycles. The average Bonchev–Trinajstić information content (AvgIpc) is 3.25. The van der Waals surface area contributed by atoms with E-state index in [1.54, 1.807) is 24.6 Å². The van der Waals surface area contributed by atoms with Crippen molar-refractivity contribution in [3.05, 3.63) is 53.8 Å². The Kier molecular flexibility index (Phi) is 4.61. The summed E-state index contributed by atoms with van der Waals surface area (Å²) < 4.78 is 24.3. The normalized spacial score (nSPS) is 12.5. The van der Waals surface area contributed by atoms with E-state index in [0.717, 1.165) is 11.3 Å². The molecule has 2 heterocycles. The van der Waals surface area contributed by atoms with Crippen LogP contribution in [0.15, 0.2) is 41.2 Å². The van der Waals surface area contributed by atoms with Crippen LogP contribution in [0.5, 0.6) is 5.75 Å². The van der Waals surface area contributed by atoms with E-state index in [2.05, 4.69) is 20.3 Å². The largest absolute Gasteiger partial charge is 0.497 e. The molecule has 0 aliphatic rings. The lowest BCUT2D eigenvalue weighted by atomic mass is 10.1. The second-order valence-electron chi connectivity index (χ2n) is 5.63. The van der Waals surface area contributed by atoms with Crippen molar-refractivity contribution in [1.29, 1.82) is 0 Å². The SMILES string of the molecule is COc1ccc(-c2[nH]ncc2CN(C)[C@@H](C)c2ccon2)c(F)c1. The number of ether oxygens (including phenoxy) is 1. The highest BCUT2D eigenvalue weighted by atomic mass is 19.1. The van der Waals surface area contributed by atoms with Gasteiger partial charge >= 0.3 is 0 Å². The molecule has 0 aliphatic heterocycles. The monoisotopic (exact) mass is 330 g/mol. The third-order valence-corrected chi connectivity index (χ3v) is 4.13. The fraction of sp³-hybridized carbons (Fsp3) is 0.294. The van der Waals surface area contributed by atoms with Crippen LogP contribution in [0.1, 0.15) is 24.2 Å². The van der Waals surface area contributed by atoms with Gasteiger partial charge in [-0.2, -0.15) is 5.10 Å². The maximum atomic E-state index is 14.3. The maximum absolute atomic E-state index is 14.3. The van der Waals surface area contributed by atoms with Crippen LogP contribution in [-0.2, 0) is 6.54 Å². The molecule has 7 heteroatoms. The number of aromatic amines is 1. The molecule has 0 bridgehead atoms. The lowest BCUT2D eigenvalue weighted by molar-refractivity contribution is 0.241. The van der Waals surface area contributed by atoms with Crippen LogP contribution in [0.3, 0.4) is 0 Å². The molecule has 24 heavy (non-hydrogen) atoms. The summed E-state index contributed by atoms with van der Waals surface area (Å²) in [5.74, 6) is 0.126. The zero-order valence-electron chi connectivity index (χ0n) is 13.8. The third-order valence-electron chi connectivity index (χ3n) is 4.13. The number of methoxy groups -OCH3 is 1. The lowest BCUT2D eigenvalue weighted by Gasteiger charge is -2.22. The number of H-pyrrole nitrogens is 1. The van der Waals surface area contributed by atoms with Crippen LogP contribution in [0.25, 0.3) is 11.3 Å². The van der Waals surface area contributed by atoms with Gasteiger partial charge in [0.05, 0.1) is 25.0 Å². The van der Waals surface area contributed by atoms with E-state index < -0.39 is 0 Å². The van der Waals surface area contributed by atoms with E-state index in [-0.39, 0.29) is 11.9 Å². The fourth-order valence-electron chi connectivity index (χ4n) is 2.56. The van der Waals surface area contributed by atoms with Gasteiger partial charge in [-0.05, 0) is 26.1 Å². The average molecular weight is 330 g/mol. The van der Waals surface area contributed by atoms with Gasteiger partial charge in [-0.1, -0.05) is 5.16 Å². The summed E-state index contributed by atoms with van der Waals surface area (Å²) >= 11 is 0. The topological polar surface area (TPSA) is 67.2 Å². The zero-order chi connectivity index (χ0) is 17.1. The summed E-state index contributed by atoms with van der Waals surface area (Å²) in [5, 5.41) is 10.9. The molecule has 0 fully saturated rings. The highest BCUT2D eigenvalue weighted by molar-refractivity contribution is 5.64. The number of rotatable bonds is 6. The molecule has 2 aromatic heterocycles. The van der Waals surface area contributed by atoms with Gasteiger partial charge in [-0.15, -0.1) is 0 Å². The van der Waals surface area contributed by atoms with Gasteiger partial charge in [0.2, 0.25) is 0 Å². The molecule has 126 valence electrons. The molecule has 0 amide bonds. The van der Waals surface area contributed by atoms with Crippen molar-refractivity contribution in [3.8, 4) is 17.0 Å². The van der Waals surface area contributed by atoms with E-state index in [9.17, 15) is 4.39 Å². The number of hydrogen-bond acceptors (Lipinski definition) is 5. The van der Waals surface area contributed by atoms with Crippen molar-refractivity contribution in [2.24, 2.45) is 0 Å². The first-order valence-corrected chi connectivity index (χ1v) is 7.56. The highest BCUT2D eigenvalue weighted by Crippen LogP contribution is 2.29. The molecule has 1 atom stereocenters. The van der Waals surface area contributed by atoms with Crippen LogP contribution in [0.4, 0.5) is 4.39 Å². The standard InChI is InChI=1S/C17H19FN4O2/c1-11(16-6-7-24-21-16)22(2)10-12-9-19-20-17(12)14-5-4-13(23-3)8-15(14)18/h4-9,11H,10H2,1-3H3,(H,19,20)/t11-/m0/s1. The Hall–Kier alpha value is -2.67. The van der Waals surface area contributed by atoms with Crippen molar-refractivity contribution >= 4 is 0 Å². The molecule has 0 saturated heterocycles. The number of nitrogens with one attached hydrogen (secondary N) is 1. The first-order chi connectivity index (χ1) is 11.6. The Morgan fingerprint density at radius 2 is 2.21 bits per heavy atom. The second kappa shape index (κ2) is 6.84. The van der Waals surface area contributed by atoms with Crippen molar-refractivity contribution in [3.63, 3.8) is 0 Å². The fourth-order valence-corrected chi connectivity index (χ4v) is 2.56. The minimum Gasteiger partial charge on any atom is -0.497 e. The van der Waals surface area contributed by atoms with Crippen molar-refractivity contribution in [2.45, 2.75) is 19.5 Å². The number of aromatic nitrogens is 3. The Morgan fingerprint density at radius 3 is 2.88 bits per heavy atom. The zero-order valence-corrected chi connectivity index (χ0v) is 13.8. The molecule has 1 N–H and O–H groups in total. The van der Waals surface area contributed by atoms with E-state index in [1.807, 2.05) is 20.0 Å². The quantitative estimate of drug-likeness (QED) is 0.750. The maximum Gasteiger partial charge on any atom is 0.136 e. The van der Waals surface area contributed by atoms with E-state index in [4.69, 9.17) is 9.26 Å². The molecular formula is C17H19FN4O2. The first kappa shape index (κ1) is 16.2. The van der Waals surface area contributed by atoms with Crippen molar-refractivity contribution < 1.29 is 13.7 Å². The Balaban J connectivity index is 1.83. The Bertz CT molecular complexity index is 801. The Morgan fingerprint density at radius 1 is 1.38 bits per heavy atom. The molecule has 1 aromatic carbocycles. The van der Waals surface area contributed by atoms with Crippen LogP contribution in [0, 0.1) is 5.82 Å². The number of hydrogen-bond donors (Lipinski definition) is 1. The van der Waals surface area contributed by atoms with E-state index in [1.165, 1.54) is 13.2 Å². The van der Waals surface area contributed by atoms with Gasteiger partial charge in [-0.3, -0.25) is 10.00 Å². The minimum atomic E-state index is -0.355. The molecule has 0 spiro atoms. The van der Waals surface area contributed by atoms with E-state index in [0.29, 0.717) is 23.6 Å². The third kappa shape index (κ3) is 3.16. The van der Waals surface area contributed by atoms with E-state index >= 15 is 0 Å². The molecular weight excluding hydrogens is 311 g/mol. The van der Waals surface area contributed by atoms with Crippen LogP contribution in [-0.4, -0.2) is 34.4 Å². The van der Waals surface area contributed by atoms with Crippen molar-refractivity contribution in [1.82, 2.24) is 20.3 Å². The molecule has 3 aromatic rings. The number of halogens is 1.